The smallest absolute Gasteiger partial charge is 0.257 e. The van der Waals surface area contributed by atoms with Crippen LogP contribution < -0.4 is 10.6 Å². The fraction of sp³-hybridized carbons (Fsp3) is 0.267. The van der Waals surface area contributed by atoms with Crippen molar-refractivity contribution in [2.75, 3.05) is 10.6 Å². The molecule has 1 aliphatic heterocycles. The van der Waals surface area contributed by atoms with E-state index >= 15 is 0 Å². The number of hydrogen-bond donors (Lipinski definition) is 2. The van der Waals surface area contributed by atoms with Crippen LogP contribution in [0.4, 0.5) is 11.5 Å². The van der Waals surface area contributed by atoms with Crippen LogP contribution in [0.5, 0.6) is 0 Å². The second kappa shape index (κ2) is 11.2. The summed E-state index contributed by atoms with van der Waals surface area (Å²) in [6.45, 7) is 1.24. The first-order valence-corrected chi connectivity index (χ1v) is 14.3. The van der Waals surface area contributed by atoms with E-state index in [9.17, 15) is 19.2 Å². The molecule has 2 aromatic heterocycles. The molecule has 1 aliphatic carbocycles. The molecule has 2 bridgehead atoms. The number of piperidine rings is 1. The third kappa shape index (κ3) is 5.23. The fourth-order valence-electron chi connectivity index (χ4n) is 6.05. The number of carbonyl (C=O) groups is 4. The average molecular weight is 605 g/mol. The highest BCUT2D eigenvalue weighted by Gasteiger charge is 2.51. The number of pyridine rings is 1. The van der Waals surface area contributed by atoms with Crippen molar-refractivity contribution in [1.82, 2.24) is 19.7 Å². The summed E-state index contributed by atoms with van der Waals surface area (Å²) in [6.07, 6.45) is 2.43. The summed E-state index contributed by atoms with van der Waals surface area (Å²) < 4.78 is 1.48. The molecule has 3 amide bonds. The molecule has 12 heteroatoms. The average Bonchev–Trinajstić information content (AvgIpc) is 3.67. The Kier molecular flexibility index (Phi) is 7.42. The van der Waals surface area contributed by atoms with Crippen molar-refractivity contribution < 1.29 is 19.2 Å². The zero-order valence-electron chi connectivity index (χ0n) is 22.5. The second-order valence-corrected chi connectivity index (χ2v) is 11.3. The maximum absolute atomic E-state index is 13.7. The van der Waals surface area contributed by atoms with Crippen LogP contribution in [0.25, 0.3) is 10.9 Å². The first kappa shape index (κ1) is 27.9. The lowest BCUT2D eigenvalue weighted by molar-refractivity contribution is -0.141. The third-order valence-electron chi connectivity index (χ3n) is 7.85. The van der Waals surface area contributed by atoms with Crippen molar-refractivity contribution in [3.05, 3.63) is 82.1 Å². The molecule has 2 N–H and O–H groups in total. The zero-order valence-corrected chi connectivity index (χ0v) is 24.0. The van der Waals surface area contributed by atoms with Gasteiger partial charge < -0.3 is 15.5 Å². The van der Waals surface area contributed by atoms with Gasteiger partial charge in [-0.05, 0) is 67.6 Å². The van der Waals surface area contributed by atoms with E-state index in [-0.39, 0.29) is 46.9 Å². The van der Waals surface area contributed by atoms with E-state index in [0.717, 1.165) is 19.3 Å². The summed E-state index contributed by atoms with van der Waals surface area (Å²) in [5.74, 6) is -0.884. The van der Waals surface area contributed by atoms with Crippen molar-refractivity contribution in [2.24, 2.45) is 5.92 Å². The Bertz CT molecular complexity index is 1750. The Hall–Kier alpha value is -4.28. The van der Waals surface area contributed by atoms with Crippen LogP contribution in [0, 0.1) is 5.92 Å². The predicted octanol–water partition coefficient (Wildman–Crippen LogP) is 5.21. The van der Waals surface area contributed by atoms with Gasteiger partial charge in [0.1, 0.15) is 29.3 Å². The molecule has 2 fully saturated rings. The largest absolute Gasteiger partial charge is 0.326 e. The minimum Gasteiger partial charge on any atom is -0.326 e. The predicted molar refractivity (Wildman–Crippen MR) is 159 cm³/mol. The number of rotatable bonds is 7. The van der Waals surface area contributed by atoms with Crippen LogP contribution in [0.15, 0.2) is 60.7 Å². The monoisotopic (exact) mass is 604 g/mol. The van der Waals surface area contributed by atoms with Gasteiger partial charge in [0.05, 0.1) is 16.1 Å². The van der Waals surface area contributed by atoms with Crippen LogP contribution in [-0.2, 0) is 16.1 Å². The van der Waals surface area contributed by atoms with Gasteiger partial charge in [0, 0.05) is 24.0 Å². The van der Waals surface area contributed by atoms with Gasteiger partial charge in [-0.2, -0.15) is 5.10 Å². The Morgan fingerprint density at radius 2 is 1.79 bits per heavy atom. The number of fused-ring (bicyclic) bond motifs is 3. The summed E-state index contributed by atoms with van der Waals surface area (Å²) in [5.41, 5.74) is 1.50. The first-order chi connectivity index (χ1) is 20.2. The Labute approximate surface area is 251 Å². The van der Waals surface area contributed by atoms with E-state index in [1.165, 1.54) is 11.6 Å². The molecular formula is C30H26Cl2N6O4. The van der Waals surface area contributed by atoms with Gasteiger partial charge in [0.2, 0.25) is 11.8 Å². The summed E-state index contributed by atoms with van der Waals surface area (Å²) in [5, 5.41) is 11.1. The lowest BCUT2D eigenvalue weighted by atomic mass is 9.97. The number of benzene rings is 2. The molecule has 0 radical (unpaired) electrons. The standard InChI is InChI=1S/C30H26Cl2N6O4/c1-16(39)27-21-14-18(33-29(41)20-5-2-3-6-22(20)31)10-12-23(21)37(36-27)15-26(40)38-19-11-9-17(13-19)28(38)30(42)35-25-8-4-7-24(32)34-25/h2-8,10,12,14,17,19,28H,9,11,13,15H2,1H3,(H,33,41)(H,34,35,42)/t17-,19+,28-/m0/s1. The number of halogens is 2. The molecular weight excluding hydrogens is 579 g/mol. The van der Waals surface area contributed by atoms with Crippen molar-refractivity contribution in [3.63, 3.8) is 0 Å². The van der Waals surface area contributed by atoms with E-state index in [0.29, 0.717) is 33.0 Å². The lowest BCUT2D eigenvalue weighted by Crippen LogP contribution is -2.52. The number of anilines is 2. The van der Waals surface area contributed by atoms with Gasteiger partial charge in [-0.3, -0.25) is 23.9 Å². The normalized spacial score (nSPS) is 19.2. The molecule has 0 unspecified atom stereocenters. The van der Waals surface area contributed by atoms with Gasteiger partial charge in [0.25, 0.3) is 5.91 Å². The summed E-state index contributed by atoms with van der Waals surface area (Å²) in [7, 11) is 0. The maximum Gasteiger partial charge on any atom is 0.257 e. The van der Waals surface area contributed by atoms with Crippen molar-refractivity contribution >= 4 is 69.1 Å². The van der Waals surface area contributed by atoms with E-state index < -0.39 is 11.9 Å². The highest BCUT2D eigenvalue weighted by atomic mass is 35.5. The highest BCUT2D eigenvalue weighted by molar-refractivity contribution is 6.34. The summed E-state index contributed by atoms with van der Waals surface area (Å²) in [4.78, 5) is 58.2. The minimum atomic E-state index is -0.641. The molecule has 214 valence electrons. The number of aromatic nitrogens is 3. The van der Waals surface area contributed by atoms with Gasteiger partial charge >= 0.3 is 0 Å². The number of hydrogen-bond acceptors (Lipinski definition) is 6. The molecule has 42 heavy (non-hydrogen) atoms. The van der Waals surface area contributed by atoms with Crippen LogP contribution in [0.2, 0.25) is 10.2 Å². The molecule has 3 atom stereocenters. The topological polar surface area (TPSA) is 126 Å². The molecule has 3 heterocycles. The van der Waals surface area contributed by atoms with Gasteiger partial charge in [-0.1, -0.05) is 41.4 Å². The molecule has 0 spiro atoms. The van der Waals surface area contributed by atoms with E-state index in [2.05, 4.69) is 20.7 Å². The molecule has 6 rings (SSSR count). The Morgan fingerprint density at radius 1 is 0.976 bits per heavy atom. The number of ketones is 1. The van der Waals surface area contributed by atoms with Crippen molar-refractivity contribution in [3.8, 4) is 0 Å². The first-order valence-electron chi connectivity index (χ1n) is 13.5. The van der Waals surface area contributed by atoms with E-state index in [4.69, 9.17) is 23.2 Å². The molecule has 2 aromatic carbocycles. The SMILES string of the molecule is CC(=O)c1nn(CC(=O)N2[C@@H]3CC[C@@H](C3)[C@H]2C(=O)Nc2cccc(Cl)n2)c2ccc(NC(=O)c3ccccc3Cl)cc12. The minimum absolute atomic E-state index is 0.0459. The number of amides is 3. The molecule has 4 aromatic rings. The Balaban J connectivity index is 1.25. The molecule has 1 saturated carbocycles. The van der Waals surface area contributed by atoms with E-state index in [1.807, 2.05) is 0 Å². The zero-order chi connectivity index (χ0) is 29.5. The van der Waals surface area contributed by atoms with Crippen LogP contribution in [0.1, 0.15) is 47.0 Å². The van der Waals surface area contributed by atoms with Crippen molar-refractivity contribution in [1.29, 1.82) is 0 Å². The second-order valence-electron chi connectivity index (χ2n) is 10.5. The summed E-state index contributed by atoms with van der Waals surface area (Å²) in [6, 6.07) is 16.0. The Morgan fingerprint density at radius 3 is 2.55 bits per heavy atom. The van der Waals surface area contributed by atoms with Gasteiger partial charge in [-0.15, -0.1) is 0 Å². The van der Waals surface area contributed by atoms with Crippen LogP contribution >= 0.6 is 23.2 Å². The summed E-state index contributed by atoms with van der Waals surface area (Å²) >= 11 is 12.1. The van der Waals surface area contributed by atoms with Crippen molar-refractivity contribution in [2.45, 2.75) is 44.8 Å². The highest BCUT2D eigenvalue weighted by Crippen LogP contribution is 2.43. The molecule has 10 nitrogen and oxygen atoms in total. The quantitative estimate of drug-likeness (QED) is 0.220. The van der Waals surface area contributed by atoms with Gasteiger partial charge in [0.15, 0.2) is 5.78 Å². The number of Topliss-reactive ketones (excluding diaryl/α,β-unsaturated/α-hetero) is 1. The molecule has 1 saturated heterocycles. The third-order valence-corrected chi connectivity index (χ3v) is 8.39. The van der Waals surface area contributed by atoms with Crippen LogP contribution in [-0.4, -0.2) is 55.3 Å². The number of nitrogens with one attached hydrogen (secondary N) is 2. The maximum atomic E-state index is 13.7. The van der Waals surface area contributed by atoms with E-state index in [1.54, 1.807) is 65.6 Å². The lowest BCUT2D eigenvalue weighted by Gasteiger charge is -2.34. The molecule has 2 aliphatic rings. The fourth-order valence-corrected chi connectivity index (χ4v) is 6.44. The number of likely N-dealkylation sites (tertiary alicyclic amines) is 1. The van der Waals surface area contributed by atoms with Crippen LogP contribution in [0.3, 0.4) is 0 Å². The number of carbonyl (C=O) groups excluding carboxylic acids is 4. The van der Waals surface area contributed by atoms with Gasteiger partial charge in [-0.25, -0.2) is 4.98 Å². The number of nitrogens with zero attached hydrogens (tertiary/aromatic N) is 4.